The molecule has 17 heavy (non-hydrogen) atoms. The van der Waals surface area contributed by atoms with Gasteiger partial charge in [0.25, 0.3) is 0 Å². The van der Waals surface area contributed by atoms with Crippen molar-refractivity contribution in [1.29, 1.82) is 0 Å². The second-order valence-corrected chi connectivity index (χ2v) is 3.92. The Hall–Kier alpha value is -1.74. The van der Waals surface area contributed by atoms with Crippen molar-refractivity contribution in [3.05, 3.63) is 58.9 Å². The number of allylic oxidation sites excluding steroid dienone is 1. The first-order valence-corrected chi connectivity index (χ1v) is 5.46. The molecule has 86 valence electrons. The minimum atomic E-state index is -0.244. The van der Waals surface area contributed by atoms with Crippen LogP contribution in [0.1, 0.15) is 18.2 Å². The van der Waals surface area contributed by atoms with Gasteiger partial charge in [-0.15, -0.1) is 0 Å². The molecule has 0 aliphatic heterocycles. The first-order chi connectivity index (χ1) is 8.15. The fourth-order valence-electron chi connectivity index (χ4n) is 1.45. The van der Waals surface area contributed by atoms with Crippen LogP contribution in [-0.4, -0.2) is 9.97 Å². The van der Waals surface area contributed by atoms with Crippen molar-refractivity contribution in [3.63, 3.8) is 0 Å². The monoisotopic (exact) mass is 248 g/mol. The van der Waals surface area contributed by atoms with Gasteiger partial charge in [-0.05, 0) is 53.9 Å². The van der Waals surface area contributed by atoms with Gasteiger partial charge in [0.1, 0.15) is 5.82 Å². The van der Waals surface area contributed by atoms with Crippen molar-refractivity contribution < 1.29 is 4.39 Å². The van der Waals surface area contributed by atoms with E-state index in [0.717, 1.165) is 16.8 Å². The molecule has 2 rings (SSSR count). The standard InChI is InChI=1S/C13H10ClFN2/c1-9(10-2-4-11(15)5-3-10)8-12-6-7-16-13(14)17-12/h2-8H,1H3/b9-8+. The zero-order valence-corrected chi connectivity index (χ0v) is 9.95. The van der Waals surface area contributed by atoms with E-state index in [9.17, 15) is 4.39 Å². The molecule has 4 heteroatoms. The Labute approximate surface area is 104 Å². The molecule has 0 amide bonds. The Balaban J connectivity index is 2.30. The zero-order valence-electron chi connectivity index (χ0n) is 9.19. The predicted molar refractivity (Wildman–Crippen MR) is 67.0 cm³/mol. The van der Waals surface area contributed by atoms with Crippen molar-refractivity contribution in [2.75, 3.05) is 0 Å². The molecule has 0 fully saturated rings. The van der Waals surface area contributed by atoms with Crippen LogP contribution >= 0.6 is 11.6 Å². The smallest absolute Gasteiger partial charge is 0.222 e. The highest BCUT2D eigenvalue weighted by atomic mass is 35.5. The van der Waals surface area contributed by atoms with Crippen LogP contribution in [0.4, 0.5) is 4.39 Å². The number of benzene rings is 1. The predicted octanol–water partition coefficient (Wildman–Crippen LogP) is 3.83. The minimum absolute atomic E-state index is 0.214. The van der Waals surface area contributed by atoms with E-state index < -0.39 is 0 Å². The summed E-state index contributed by atoms with van der Waals surface area (Å²) in [5.74, 6) is -0.244. The molecule has 2 nitrogen and oxygen atoms in total. The van der Waals surface area contributed by atoms with Gasteiger partial charge in [-0.2, -0.15) is 0 Å². The fourth-order valence-corrected chi connectivity index (χ4v) is 1.60. The van der Waals surface area contributed by atoms with E-state index in [1.807, 2.05) is 13.0 Å². The molecule has 0 radical (unpaired) electrons. The molecule has 0 bridgehead atoms. The number of halogens is 2. The maximum Gasteiger partial charge on any atom is 0.222 e. The van der Waals surface area contributed by atoms with E-state index in [1.165, 1.54) is 12.1 Å². The van der Waals surface area contributed by atoms with Gasteiger partial charge in [-0.25, -0.2) is 14.4 Å². The van der Waals surface area contributed by atoms with Crippen molar-refractivity contribution >= 4 is 23.3 Å². The van der Waals surface area contributed by atoms with Crippen LogP contribution in [0, 0.1) is 5.82 Å². The lowest BCUT2D eigenvalue weighted by molar-refractivity contribution is 0.627. The third-order valence-electron chi connectivity index (χ3n) is 2.31. The number of hydrogen-bond donors (Lipinski definition) is 0. The Morgan fingerprint density at radius 2 is 1.94 bits per heavy atom. The molecule has 1 aromatic carbocycles. The summed E-state index contributed by atoms with van der Waals surface area (Å²) in [6, 6.07) is 8.08. The highest BCUT2D eigenvalue weighted by Gasteiger charge is 1.98. The third kappa shape index (κ3) is 3.11. The molecule has 0 unspecified atom stereocenters. The lowest BCUT2D eigenvalue weighted by Gasteiger charge is -2.01. The van der Waals surface area contributed by atoms with E-state index in [-0.39, 0.29) is 11.1 Å². The second kappa shape index (κ2) is 5.06. The summed E-state index contributed by atoms with van der Waals surface area (Å²) in [4.78, 5) is 7.87. The van der Waals surface area contributed by atoms with Gasteiger partial charge in [0.05, 0.1) is 5.69 Å². The molecule has 0 saturated carbocycles. The first-order valence-electron chi connectivity index (χ1n) is 5.08. The zero-order chi connectivity index (χ0) is 12.3. The summed E-state index contributed by atoms with van der Waals surface area (Å²) in [6.07, 6.45) is 3.47. The summed E-state index contributed by atoms with van der Waals surface area (Å²) < 4.78 is 12.8. The van der Waals surface area contributed by atoms with E-state index >= 15 is 0 Å². The van der Waals surface area contributed by atoms with E-state index in [0.29, 0.717) is 0 Å². The number of rotatable bonds is 2. The summed E-state index contributed by atoms with van der Waals surface area (Å²) in [5, 5.41) is 0.214. The third-order valence-corrected chi connectivity index (χ3v) is 2.49. The molecule has 0 atom stereocenters. The lowest BCUT2D eigenvalue weighted by Crippen LogP contribution is -1.86. The van der Waals surface area contributed by atoms with Crippen molar-refractivity contribution in [3.8, 4) is 0 Å². The average molecular weight is 249 g/mol. The second-order valence-electron chi connectivity index (χ2n) is 3.58. The summed E-state index contributed by atoms with van der Waals surface area (Å²) >= 11 is 5.69. The van der Waals surface area contributed by atoms with Gasteiger partial charge in [-0.1, -0.05) is 12.1 Å². The van der Waals surface area contributed by atoms with Crippen LogP contribution in [-0.2, 0) is 0 Å². The number of nitrogens with zero attached hydrogens (tertiary/aromatic N) is 2. The van der Waals surface area contributed by atoms with Gasteiger partial charge < -0.3 is 0 Å². The number of aromatic nitrogens is 2. The van der Waals surface area contributed by atoms with Crippen LogP contribution in [0.5, 0.6) is 0 Å². The summed E-state index contributed by atoms with van der Waals surface area (Å²) in [6.45, 7) is 1.93. The van der Waals surface area contributed by atoms with E-state index in [4.69, 9.17) is 11.6 Å². The maximum atomic E-state index is 12.8. The van der Waals surface area contributed by atoms with Crippen LogP contribution in [0.2, 0.25) is 5.28 Å². The van der Waals surface area contributed by atoms with Gasteiger partial charge in [-0.3, -0.25) is 0 Å². The Kier molecular flexibility index (Phi) is 3.49. The number of hydrogen-bond acceptors (Lipinski definition) is 2. The van der Waals surface area contributed by atoms with E-state index in [1.54, 1.807) is 24.4 Å². The maximum absolute atomic E-state index is 12.8. The normalized spacial score (nSPS) is 11.6. The van der Waals surface area contributed by atoms with Crippen LogP contribution in [0.15, 0.2) is 36.5 Å². The lowest BCUT2D eigenvalue weighted by atomic mass is 10.1. The summed E-state index contributed by atoms with van der Waals surface area (Å²) in [7, 11) is 0. The Morgan fingerprint density at radius 1 is 1.24 bits per heavy atom. The summed E-state index contributed by atoms with van der Waals surface area (Å²) in [5.41, 5.74) is 2.66. The fraction of sp³-hybridized carbons (Fsp3) is 0.0769. The van der Waals surface area contributed by atoms with Crippen molar-refractivity contribution in [1.82, 2.24) is 9.97 Å². The Bertz CT molecular complexity index is 550. The SMILES string of the molecule is C/C(=C\c1ccnc(Cl)n1)c1ccc(F)cc1. The average Bonchev–Trinajstić information content (AvgIpc) is 2.29. The largest absolute Gasteiger partial charge is 0.226 e. The van der Waals surface area contributed by atoms with Gasteiger partial charge >= 0.3 is 0 Å². The molecular formula is C13H10ClFN2. The molecule has 0 N–H and O–H groups in total. The minimum Gasteiger partial charge on any atom is -0.226 e. The van der Waals surface area contributed by atoms with E-state index in [2.05, 4.69) is 9.97 Å². The molecule has 0 saturated heterocycles. The van der Waals surface area contributed by atoms with Gasteiger partial charge in [0, 0.05) is 6.20 Å². The first kappa shape index (κ1) is 11.7. The van der Waals surface area contributed by atoms with Crippen LogP contribution in [0.25, 0.3) is 11.6 Å². The Morgan fingerprint density at radius 3 is 2.59 bits per heavy atom. The topological polar surface area (TPSA) is 25.8 Å². The van der Waals surface area contributed by atoms with Crippen molar-refractivity contribution in [2.45, 2.75) is 6.92 Å². The van der Waals surface area contributed by atoms with Crippen molar-refractivity contribution in [2.24, 2.45) is 0 Å². The van der Waals surface area contributed by atoms with Gasteiger partial charge in [0.2, 0.25) is 5.28 Å². The molecule has 1 heterocycles. The quantitative estimate of drug-likeness (QED) is 0.755. The van der Waals surface area contributed by atoms with Gasteiger partial charge in [0.15, 0.2) is 0 Å². The highest BCUT2D eigenvalue weighted by molar-refractivity contribution is 6.28. The van der Waals surface area contributed by atoms with Crippen LogP contribution in [0.3, 0.4) is 0 Å². The molecular weight excluding hydrogens is 239 g/mol. The molecule has 0 aliphatic rings. The molecule has 0 aliphatic carbocycles. The highest BCUT2D eigenvalue weighted by Crippen LogP contribution is 2.17. The molecule has 1 aromatic heterocycles. The molecule has 2 aromatic rings. The molecule has 0 spiro atoms. The van der Waals surface area contributed by atoms with Crippen LogP contribution < -0.4 is 0 Å².